The van der Waals surface area contributed by atoms with Crippen molar-refractivity contribution in [1.29, 1.82) is 0 Å². The molecule has 4 atom stereocenters. The fourth-order valence-corrected chi connectivity index (χ4v) is 9.21. The molecule has 256 valence electrons. The summed E-state index contributed by atoms with van der Waals surface area (Å²) in [6.45, 7) is 12.7. The van der Waals surface area contributed by atoms with Gasteiger partial charge in [0.1, 0.15) is 24.2 Å². The number of piperazine rings is 1. The molecular formula is C38H49FN6O3. The number of nitrogens with zero attached hydrogens (tertiary/aromatic N) is 6. The van der Waals surface area contributed by atoms with Gasteiger partial charge in [0, 0.05) is 49.2 Å². The number of ether oxygens (including phenoxy) is 2. The van der Waals surface area contributed by atoms with Crippen molar-refractivity contribution < 1.29 is 18.7 Å². The molecule has 0 spiro atoms. The van der Waals surface area contributed by atoms with Crippen LogP contribution >= 0.6 is 0 Å². The lowest BCUT2D eigenvalue weighted by atomic mass is 9.95. The lowest BCUT2D eigenvalue weighted by Gasteiger charge is -2.43. The number of benzene rings is 2. The number of alkyl halides is 1. The monoisotopic (exact) mass is 656 g/mol. The van der Waals surface area contributed by atoms with Crippen molar-refractivity contribution in [3.05, 3.63) is 53.2 Å². The largest absolute Gasteiger partial charge is 0.461 e. The predicted octanol–water partition coefficient (Wildman–Crippen LogP) is 6.30. The van der Waals surface area contributed by atoms with E-state index in [1.54, 1.807) is 0 Å². The molecule has 3 aromatic rings. The molecule has 8 rings (SSSR count). The molecule has 5 aliphatic heterocycles. The molecule has 0 aliphatic carbocycles. The Kier molecular flexibility index (Phi) is 7.92. The zero-order valence-corrected chi connectivity index (χ0v) is 28.9. The number of hydrogen-bond donors (Lipinski definition) is 0. The molecule has 0 N–H and O–H groups in total. The van der Waals surface area contributed by atoms with Gasteiger partial charge in [0.15, 0.2) is 0 Å². The fourth-order valence-electron chi connectivity index (χ4n) is 9.21. The van der Waals surface area contributed by atoms with E-state index < -0.39 is 11.8 Å². The number of aryl methyl sites for hydroxylation is 1. The van der Waals surface area contributed by atoms with Gasteiger partial charge in [-0.05, 0) is 82.9 Å². The van der Waals surface area contributed by atoms with Crippen LogP contribution in [0.25, 0.3) is 10.8 Å². The van der Waals surface area contributed by atoms with Gasteiger partial charge in [0.2, 0.25) is 0 Å². The highest BCUT2D eigenvalue weighted by atomic mass is 19.1. The molecule has 0 radical (unpaired) electrons. The molecule has 5 aliphatic rings. The Morgan fingerprint density at radius 1 is 1.02 bits per heavy atom. The maximum Gasteiger partial charge on any atom is 0.410 e. The number of halogens is 1. The van der Waals surface area contributed by atoms with Crippen molar-refractivity contribution in [3.8, 4) is 6.01 Å². The molecule has 9 nitrogen and oxygen atoms in total. The van der Waals surface area contributed by atoms with Gasteiger partial charge in [-0.15, -0.1) is 0 Å². The second-order valence-electron chi connectivity index (χ2n) is 15.6. The summed E-state index contributed by atoms with van der Waals surface area (Å²) in [5.41, 5.74) is 3.94. The third kappa shape index (κ3) is 5.63. The van der Waals surface area contributed by atoms with Gasteiger partial charge >= 0.3 is 12.1 Å². The Labute approximate surface area is 283 Å². The van der Waals surface area contributed by atoms with Crippen LogP contribution in [0.5, 0.6) is 6.01 Å². The van der Waals surface area contributed by atoms with Gasteiger partial charge in [0.25, 0.3) is 0 Å². The van der Waals surface area contributed by atoms with Gasteiger partial charge in [-0.25, -0.2) is 9.18 Å². The summed E-state index contributed by atoms with van der Waals surface area (Å²) in [5, 5.41) is 2.57. The zero-order valence-electron chi connectivity index (χ0n) is 28.9. The normalized spacial score (nSPS) is 27.0. The molecule has 4 saturated heterocycles. The van der Waals surface area contributed by atoms with Crippen molar-refractivity contribution in [3.63, 3.8) is 0 Å². The number of amides is 1. The second-order valence-corrected chi connectivity index (χ2v) is 15.6. The average molecular weight is 657 g/mol. The van der Waals surface area contributed by atoms with Crippen molar-refractivity contribution in [2.24, 2.45) is 0 Å². The third-order valence-corrected chi connectivity index (χ3v) is 11.3. The van der Waals surface area contributed by atoms with Crippen molar-refractivity contribution in [2.45, 2.75) is 109 Å². The van der Waals surface area contributed by atoms with Crippen LogP contribution in [-0.2, 0) is 24.1 Å². The Morgan fingerprint density at radius 2 is 1.79 bits per heavy atom. The van der Waals surface area contributed by atoms with Crippen LogP contribution in [0.1, 0.15) is 76.6 Å². The maximum absolute atomic E-state index is 14.6. The van der Waals surface area contributed by atoms with Gasteiger partial charge in [-0.3, -0.25) is 9.80 Å². The van der Waals surface area contributed by atoms with E-state index in [-0.39, 0.29) is 23.7 Å². The van der Waals surface area contributed by atoms with Crippen molar-refractivity contribution in [1.82, 2.24) is 19.8 Å². The molecule has 2 aromatic carbocycles. The molecule has 4 fully saturated rings. The first-order chi connectivity index (χ1) is 23.1. The molecular weight excluding hydrogens is 607 g/mol. The zero-order chi connectivity index (χ0) is 33.2. The number of aromatic nitrogens is 2. The summed E-state index contributed by atoms with van der Waals surface area (Å²) in [5.74, 6) is 0.929. The van der Waals surface area contributed by atoms with E-state index in [1.165, 1.54) is 27.6 Å². The van der Waals surface area contributed by atoms with Crippen molar-refractivity contribution >= 4 is 28.4 Å². The van der Waals surface area contributed by atoms with E-state index in [0.29, 0.717) is 45.2 Å². The summed E-state index contributed by atoms with van der Waals surface area (Å²) >= 11 is 0. The number of fused-ring (bicyclic) bond motifs is 5. The van der Waals surface area contributed by atoms with Gasteiger partial charge in [-0.2, -0.15) is 9.97 Å². The summed E-state index contributed by atoms with van der Waals surface area (Å²) in [7, 11) is 0. The lowest BCUT2D eigenvalue weighted by Crippen LogP contribution is -2.57. The van der Waals surface area contributed by atoms with Crippen LogP contribution < -0.4 is 14.5 Å². The van der Waals surface area contributed by atoms with E-state index >= 15 is 0 Å². The standard InChI is InChI=1S/C38H49FN6O3/c1-5-25-9-6-10-26-11-7-12-32(33(25)26)42-18-15-30-31(23-42)40-35(47-24-38-16-8-17-44(38)20-27(39)19-38)41-34(30)43-21-28-13-14-29(22-43)45(28)36(46)48-37(2,3)4/h6-7,9-12,27-29H,5,8,13-24H2,1-4H3/t27?,28-,29+,38?. The minimum atomic E-state index is -0.812. The summed E-state index contributed by atoms with van der Waals surface area (Å²) in [6, 6.07) is 13.7. The molecule has 6 heterocycles. The summed E-state index contributed by atoms with van der Waals surface area (Å²) < 4.78 is 26.9. The quantitative estimate of drug-likeness (QED) is 0.306. The summed E-state index contributed by atoms with van der Waals surface area (Å²) in [4.78, 5) is 32.5. The Hall–Kier alpha value is -3.66. The highest BCUT2D eigenvalue weighted by Gasteiger charge is 2.50. The van der Waals surface area contributed by atoms with Gasteiger partial charge in [-0.1, -0.05) is 37.3 Å². The minimum Gasteiger partial charge on any atom is -0.461 e. The number of anilines is 2. The van der Waals surface area contributed by atoms with Gasteiger partial charge in [0.05, 0.1) is 29.9 Å². The Bertz CT molecular complexity index is 1690. The number of hydrogen-bond acceptors (Lipinski definition) is 8. The van der Waals surface area contributed by atoms with Gasteiger partial charge < -0.3 is 19.3 Å². The number of carbonyl (C=O) groups excluding carboxylic acids is 1. The van der Waals surface area contributed by atoms with Crippen molar-refractivity contribution in [2.75, 3.05) is 49.1 Å². The smallest absolute Gasteiger partial charge is 0.410 e. The molecule has 48 heavy (non-hydrogen) atoms. The predicted molar refractivity (Wildman–Crippen MR) is 186 cm³/mol. The van der Waals surface area contributed by atoms with E-state index in [0.717, 1.165) is 63.1 Å². The Morgan fingerprint density at radius 3 is 2.54 bits per heavy atom. The van der Waals surface area contributed by atoms with E-state index in [9.17, 15) is 9.18 Å². The Balaban J connectivity index is 1.12. The molecule has 10 heteroatoms. The molecule has 1 aromatic heterocycles. The first-order valence-electron chi connectivity index (χ1n) is 18.0. The summed E-state index contributed by atoms with van der Waals surface area (Å²) in [6.07, 6.45) is 5.18. The lowest BCUT2D eigenvalue weighted by molar-refractivity contribution is 0.0122. The molecule has 2 bridgehead atoms. The number of carbonyl (C=O) groups is 1. The van der Waals surface area contributed by atoms with E-state index in [4.69, 9.17) is 19.4 Å². The highest BCUT2D eigenvalue weighted by molar-refractivity contribution is 5.97. The fraction of sp³-hybridized carbons (Fsp3) is 0.605. The van der Waals surface area contributed by atoms with Crippen LogP contribution in [-0.4, -0.2) is 94.6 Å². The SMILES string of the molecule is CCc1cccc2cccc(N3CCc4c(nc(OCC56CCCN5CC(F)C6)nc4N4C[C@H]5CC[C@@H](C4)N5C(=O)OC(C)(C)C)C3)c12. The maximum atomic E-state index is 14.6. The topological polar surface area (TPSA) is 74.3 Å². The van der Waals surface area contributed by atoms with E-state index in [2.05, 4.69) is 58.0 Å². The molecule has 1 amide bonds. The van der Waals surface area contributed by atoms with Crippen LogP contribution in [0.15, 0.2) is 36.4 Å². The minimum absolute atomic E-state index is 0.0720. The van der Waals surface area contributed by atoms with Crippen LogP contribution in [0.4, 0.5) is 20.7 Å². The molecule has 0 saturated carbocycles. The highest BCUT2D eigenvalue weighted by Crippen LogP contribution is 2.42. The van der Waals surface area contributed by atoms with Crippen LogP contribution in [0.3, 0.4) is 0 Å². The van der Waals surface area contributed by atoms with Crippen LogP contribution in [0.2, 0.25) is 0 Å². The average Bonchev–Trinajstić information content (AvgIpc) is 3.68. The second kappa shape index (κ2) is 12.0. The first kappa shape index (κ1) is 31.6. The van der Waals surface area contributed by atoms with Crippen LogP contribution in [0, 0.1) is 0 Å². The number of rotatable bonds is 6. The molecule has 2 unspecified atom stereocenters. The van der Waals surface area contributed by atoms with E-state index in [1.807, 2.05) is 25.7 Å². The third-order valence-electron chi connectivity index (χ3n) is 11.3. The first-order valence-corrected chi connectivity index (χ1v) is 18.0.